The summed E-state index contributed by atoms with van der Waals surface area (Å²) in [6, 6.07) is 1.65. The van der Waals surface area contributed by atoms with E-state index in [1.54, 1.807) is 13.0 Å². The Morgan fingerprint density at radius 3 is 2.89 bits per heavy atom. The Labute approximate surface area is 110 Å². The van der Waals surface area contributed by atoms with Crippen molar-refractivity contribution in [2.75, 3.05) is 17.3 Å². The Kier molecular flexibility index (Phi) is 3.90. The third-order valence-electron chi connectivity index (χ3n) is 2.59. The van der Waals surface area contributed by atoms with Gasteiger partial charge in [-0.2, -0.15) is 0 Å². The molecule has 0 saturated heterocycles. The van der Waals surface area contributed by atoms with Gasteiger partial charge in [-0.3, -0.25) is 4.79 Å². The molecule has 0 aromatic carbocycles. The number of nitrogen functional groups attached to an aromatic ring is 1. The van der Waals surface area contributed by atoms with E-state index in [-0.39, 0.29) is 11.9 Å². The maximum absolute atomic E-state index is 11.8. The molecule has 4 N–H and O–H groups in total. The smallest absolute Gasteiger partial charge is 0.242 e. The van der Waals surface area contributed by atoms with Gasteiger partial charge in [-0.25, -0.2) is 9.97 Å². The van der Waals surface area contributed by atoms with Crippen molar-refractivity contribution in [3.05, 3.63) is 6.07 Å². The van der Waals surface area contributed by atoms with E-state index < -0.39 is 0 Å². The van der Waals surface area contributed by atoms with Gasteiger partial charge in [0.15, 0.2) is 5.16 Å². The molecule has 1 aliphatic carbocycles. The van der Waals surface area contributed by atoms with E-state index in [2.05, 4.69) is 20.6 Å². The fourth-order valence-electron chi connectivity index (χ4n) is 1.45. The highest BCUT2D eigenvalue weighted by Gasteiger charge is 2.25. The van der Waals surface area contributed by atoms with E-state index in [1.807, 2.05) is 6.26 Å². The minimum Gasteiger partial charge on any atom is -0.383 e. The highest BCUT2D eigenvalue weighted by atomic mass is 32.2. The van der Waals surface area contributed by atoms with Crippen LogP contribution >= 0.6 is 11.8 Å². The zero-order valence-electron chi connectivity index (χ0n) is 10.4. The number of hydrogen-bond acceptors (Lipinski definition) is 6. The van der Waals surface area contributed by atoms with Gasteiger partial charge < -0.3 is 16.4 Å². The molecule has 1 saturated carbocycles. The fourth-order valence-corrected chi connectivity index (χ4v) is 1.84. The van der Waals surface area contributed by atoms with Crippen molar-refractivity contribution >= 4 is 29.3 Å². The van der Waals surface area contributed by atoms with Crippen molar-refractivity contribution in [2.45, 2.75) is 37.0 Å². The van der Waals surface area contributed by atoms with E-state index in [0.29, 0.717) is 22.8 Å². The quantitative estimate of drug-likeness (QED) is 0.541. The molecule has 0 bridgehead atoms. The fraction of sp³-hybridized carbons (Fsp3) is 0.545. The summed E-state index contributed by atoms with van der Waals surface area (Å²) in [5, 5.41) is 6.56. The zero-order valence-corrected chi connectivity index (χ0v) is 11.3. The van der Waals surface area contributed by atoms with Crippen LogP contribution < -0.4 is 16.4 Å². The zero-order chi connectivity index (χ0) is 13.1. The first-order valence-electron chi connectivity index (χ1n) is 5.84. The van der Waals surface area contributed by atoms with Crippen LogP contribution in [0, 0.1) is 0 Å². The Balaban J connectivity index is 1.98. The van der Waals surface area contributed by atoms with Crippen LogP contribution in [0.25, 0.3) is 0 Å². The van der Waals surface area contributed by atoms with Crippen molar-refractivity contribution < 1.29 is 4.79 Å². The number of hydrogen-bond donors (Lipinski definition) is 3. The summed E-state index contributed by atoms with van der Waals surface area (Å²) >= 11 is 1.41. The minimum atomic E-state index is -0.338. The number of anilines is 2. The van der Waals surface area contributed by atoms with Crippen molar-refractivity contribution in [1.29, 1.82) is 0 Å². The highest BCUT2D eigenvalue weighted by molar-refractivity contribution is 7.98. The van der Waals surface area contributed by atoms with Gasteiger partial charge in [0.05, 0.1) is 0 Å². The van der Waals surface area contributed by atoms with Gasteiger partial charge in [0, 0.05) is 12.1 Å². The number of carbonyl (C=O) groups excluding carboxylic acids is 1. The first kappa shape index (κ1) is 12.9. The molecule has 1 unspecified atom stereocenters. The van der Waals surface area contributed by atoms with Crippen LogP contribution in [0.2, 0.25) is 0 Å². The molecule has 98 valence electrons. The molecule has 1 aromatic rings. The van der Waals surface area contributed by atoms with E-state index >= 15 is 0 Å². The summed E-state index contributed by atoms with van der Waals surface area (Å²) in [6.45, 7) is 1.80. The normalized spacial score (nSPS) is 16.1. The predicted molar refractivity (Wildman–Crippen MR) is 72.5 cm³/mol. The van der Waals surface area contributed by atoms with Crippen LogP contribution in [-0.2, 0) is 4.79 Å². The summed E-state index contributed by atoms with van der Waals surface area (Å²) in [5.74, 6) is 0.956. The van der Waals surface area contributed by atoms with Gasteiger partial charge in [0.1, 0.15) is 17.7 Å². The van der Waals surface area contributed by atoms with E-state index in [4.69, 9.17) is 5.73 Å². The number of carbonyl (C=O) groups is 1. The number of aromatic nitrogens is 2. The Bertz CT molecular complexity index is 449. The summed E-state index contributed by atoms with van der Waals surface area (Å²) in [5.41, 5.74) is 5.67. The van der Waals surface area contributed by atoms with Gasteiger partial charge >= 0.3 is 0 Å². The lowest BCUT2D eigenvalue weighted by Gasteiger charge is -2.14. The molecule has 0 spiro atoms. The van der Waals surface area contributed by atoms with E-state index in [9.17, 15) is 4.79 Å². The number of nitrogens with two attached hydrogens (primary N) is 1. The first-order valence-corrected chi connectivity index (χ1v) is 7.06. The number of nitrogens with zero attached hydrogens (tertiary/aromatic N) is 2. The molecular weight excluding hydrogens is 250 g/mol. The van der Waals surface area contributed by atoms with Crippen molar-refractivity contribution in [2.24, 2.45) is 0 Å². The summed E-state index contributed by atoms with van der Waals surface area (Å²) in [6.07, 6.45) is 4.03. The summed E-state index contributed by atoms with van der Waals surface area (Å²) in [7, 11) is 0. The molecule has 0 aliphatic heterocycles. The van der Waals surface area contributed by atoms with Crippen LogP contribution in [0.1, 0.15) is 19.8 Å². The highest BCUT2D eigenvalue weighted by Crippen LogP contribution is 2.19. The molecule has 1 fully saturated rings. The lowest BCUT2D eigenvalue weighted by atomic mass is 10.3. The largest absolute Gasteiger partial charge is 0.383 e. The minimum absolute atomic E-state index is 0.0135. The molecular formula is C11H17N5OS. The molecule has 1 aromatic heterocycles. The van der Waals surface area contributed by atoms with Crippen molar-refractivity contribution in [3.8, 4) is 0 Å². The molecule has 18 heavy (non-hydrogen) atoms. The number of amides is 1. The average Bonchev–Trinajstić information content (AvgIpc) is 3.11. The van der Waals surface area contributed by atoms with Crippen molar-refractivity contribution in [1.82, 2.24) is 15.3 Å². The van der Waals surface area contributed by atoms with Crippen LogP contribution in [0.4, 0.5) is 11.6 Å². The molecule has 1 aliphatic rings. The summed E-state index contributed by atoms with van der Waals surface area (Å²) in [4.78, 5) is 20.1. The van der Waals surface area contributed by atoms with Gasteiger partial charge in [0.25, 0.3) is 0 Å². The van der Waals surface area contributed by atoms with Gasteiger partial charge in [-0.1, -0.05) is 11.8 Å². The maximum atomic E-state index is 11.8. The second-order valence-electron chi connectivity index (χ2n) is 4.31. The first-order chi connectivity index (χ1) is 8.58. The van der Waals surface area contributed by atoms with Gasteiger partial charge in [-0.05, 0) is 26.0 Å². The van der Waals surface area contributed by atoms with E-state index in [0.717, 1.165) is 12.8 Å². The van der Waals surface area contributed by atoms with Gasteiger partial charge in [-0.15, -0.1) is 0 Å². The van der Waals surface area contributed by atoms with E-state index in [1.165, 1.54) is 11.8 Å². The Hall–Kier alpha value is -1.50. The average molecular weight is 267 g/mol. The third kappa shape index (κ3) is 3.49. The van der Waals surface area contributed by atoms with Gasteiger partial charge in [0.2, 0.25) is 5.91 Å². The second-order valence-corrected chi connectivity index (χ2v) is 5.09. The van der Waals surface area contributed by atoms with Crippen LogP contribution in [0.15, 0.2) is 11.2 Å². The Morgan fingerprint density at radius 2 is 2.28 bits per heavy atom. The molecule has 2 rings (SSSR count). The predicted octanol–water partition coefficient (Wildman–Crippen LogP) is 0.860. The lowest BCUT2D eigenvalue weighted by Crippen LogP contribution is -2.38. The number of rotatable bonds is 5. The molecule has 7 heteroatoms. The molecule has 0 radical (unpaired) electrons. The lowest BCUT2D eigenvalue weighted by molar-refractivity contribution is -0.121. The van der Waals surface area contributed by atoms with Crippen LogP contribution in [0.3, 0.4) is 0 Å². The maximum Gasteiger partial charge on any atom is 0.242 e. The monoisotopic (exact) mass is 267 g/mol. The number of nitrogens with one attached hydrogen (secondary N) is 2. The second kappa shape index (κ2) is 5.43. The Morgan fingerprint density at radius 1 is 1.56 bits per heavy atom. The third-order valence-corrected chi connectivity index (χ3v) is 3.14. The van der Waals surface area contributed by atoms with Crippen LogP contribution in [0.5, 0.6) is 0 Å². The number of thioether (sulfide) groups is 1. The molecule has 1 heterocycles. The SMILES string of the molecule is CSc1nc(N)cc(NC(C)C(=O)NC2CC2)n1. The standard InChI is InChI=1S/C11H17N5OS/c1-6(10(17)14-7-3-4-7)13-9-5-8(12)15-11(16-9)18-2/h5-7H,3-4H2,1-2H3,(H,14,17)(H3,12,13,15,16). The topological polar surface area (TPSA) is 92.9 Å². The summed E-state index contributed by atoms with van der Waals surface area (Å²) < 4.78 is 0. The molecule has 1 amide bonds. The molecule has 6 nitrogen and oxygen atoms in total. The van der Waals surface area contributed by atoms with Crippen LogP contribution in [-0.4, -0.2) is 34.2 Å². The van der Waals surface area contributed by atoms with Crippen molar-refractivity contribution in [3.63, 3.8) is 0 Å². The molecule has 1 atom stereocenters.